The molecule has 4 nitrogen and oxygen atoms in total. The highest BCUT2D eigenvalue weighted by Crippen LogP contribution is 2.30. The van der Waals surface area contributed by atoms with Gasteiger partial charge in [0.05, 0.1) is 5.56 Å². The third kappa shape index (κ3) is 3.55. The highest BCUT2D eigenvalue weighted by atomic mass is 79.9. The van der Waals surface area contributed by atoms with E-state index in [9.17, 15) is 4.79 Å². The van der Waals surface area contributed by atoms with E-state index in [0.29, 0.717) is 22.7 Å². The lowest BCUT2D eigenvalue weighted by Crippen LogP contribution is -2.22. The number of hydrogen-bond acceptors (Lipinski definition) is 3. The molecule has 0 aliphatic rings. The number of hydrogen-bond donors (Lipinski definition) is 1. The summed E-state index contributed by atoms with van der Waals surface area (Å²) in [4.78, 5) is 13.7. The molecule has 0 saturated heterocycles. The summed E-state index contributed by atoms with van der Waals surface area (Å²) in [7, 11) is 3.40. The minimum Gasteiger partial charge on any atom is -0.456 e. The Labute approximate surface area is 132 Å². The molecule has 0 aromatic heterocycles. The van der Waals surface area contributed by atoms with Gasteiger partial charge in [-0.15, -0.1) is 0 Å². The molecule has 2 aromatic carbocycles. The number of nitrogen functional groups attached to an aromatic ring is 1. The molecular formula is C16H17BrN2O2. The van der Waals surface area contributed by atoms with Crippen molar-refractivity contribution in [2.75, 3.05) is 19.8 Å². The van der Waals surface area contributed by atoms with E-state index < -0.39 is 0 Å². The van der Waals surface area contributed by atoms with Crippen molar-refractivity contribution in [3.05, 3.63) is 52.0 Å². The van der Waals surface area contributed by atoms with Crippen molar-refractivity contribution in [3.8, 4) is 11.5 Å². The van der Waals surface area contributed by atoms with Crippen LogP contribution in [0, 0.1) is 6.92 Å². The van der Waals surface area contributed by atoms with Gasteiger partial charge in [-0.05, 0) is 42.8 Å². The van der Waals surface area contributed by atoms with Crippen LogP contribution in [-0.2, 0) is 0 Å². The van der Waals surface area contributed by atoms with Gasteiger partial charge in [0.2, 0.25) is 0 Å². The lowest BCUT2D eigenvalue weighted by Gasteiger charge is -2.15. The van der Waals surface area contributed by atoms with Crippen LogP contribution in [0.1, 0.15) is 15.9 Å². The van der Waals surface area contributed by atoms with E-state index in [1.54, 1.807) is 32.3 Å². The maximum absolute atomic E-state index is 12.2. The van der Waals surface area contributed by atoms with Crippen LogP contribution in [-0.4, -0.2) is 24.9 Å². The van der Waals surface area contributed by atoms with Gasteiger partial charge in [-0.3, -0.25) is 4.79 Å². The number of ether oxygens (including phenoxy) is 1. The van der Waals surface area contributed by atoms with E-state index in [1.807, 2.05) is 25.1 Å². The van der Waals surface area contributed by atoms with Gasteiger partial charge in [-0.25, -0.2) is 0 Å². The second-order valence-electron chi connectivity index (χ2n) is 4.97. The van der Waals surface area contributed by atoms with Crippen LogP contribution in [0.25, 0.3) is 0 Å². The topological polar surface area (TPSA) is 55.6 Å². The molecule has 0 atom stereocenters. The van der Waals surface area contributed by atoms with E-state index in [0.717, 1.165) is 10.0 Å². The van der Waals surface area contributed by atoms with Gasteiger partial charge >= 0.3 is 0 Å². The lowest BCUT2D eigenvalue weighted by atomic mass is 10.1. The largest absolute Gasteiger partial charge is 0.456 e. The van der Waals surface area contributed by atoms with Gasteiger partial charge in [0, 0.05) is 30.3 Å². The van der Waals surface area contributed by atoms with Gasteiger partial charge in [0.1, 0.15) is 11.5 Å². The van der Waals surface area contributed by atoms with E-state index in [-0.39, 0.29) is 5.91 Å². The molecule has 21 heavy (non-hydrogen) atoms. The minimum absolute atomic E-state index is 0.126. The summed E-state index contributed by atoms with van der Waals surface area (Å²) in [5, 5.41) is 0. The van der Waals surface area contributed by atoms with Crippen LogP contribution in [0.5, 0.6) is 11.5 Å². The van der Waals surface area contributed by atoms with Gasteiger partial charge in [-0.1, -0.05) is 15.9 Å². The fourth-order valence-corrected chi connectivity index (χ4v) is 2.10. The first kappa shape index (κ1) is 15.4. The zero-order chi connectivity index (χ0) is 15.6. The first-order valence-corrected chi connectivity index (χ1v) is 7.23. The highest BCUT2D eigenvalue weighted by molar-refractivity contribution is 9.10. The Morgan fingerprint density at radius 3 is 2.52 bits per heavy atom. The second kappa shape index (κ2) is 6.18. The second-order valence-corrected chi connectivity index (χ2v) is 5.82. The Morgan fingerprint density at radius 2 is 1.90 bits per heavy atom. The zero-order valence-corrected chi connectivity index (χ0v) is 13.8. The number of nitrogens with two attached hydrogens (primary N) is 1. The Kier molecular flexibility index (Phi) is 4.53. The fraction of sp³-hybridized carbons (Fsp3) is 0.188. The molecule has 2 N–H and O–H groups in total. The third-order valence-corrected chi connectivity index (χ3v) is 3.89. The predicted octanol–water partition coefficient (Wildman–Crippen LogP) is 3.83. The number of nitrogens with zero attached hydrogens (tertiary/aromatic N) is 1. The highest BCUT2D eigenvalue weighted by Gasteiger charge is 2.15. The molecule has 0 heterocycles. The molecule has 0 aliphatic heterocycles. The van der Waals surface area contributed by atoms with Crippen molar-refractivity contribution < 1.29 is 9.53 Å². The number of carbonyl (C=O) groups excluding carboxylic acids is 1. The number of halogens is 1. The van der Waals surface area contributed by atoms with Crippen LogP contribution >= 0.6 is 15.9 Å². The van der Waals surface area contributed by atoms with Crippen molar-refractivity contribution in [2.24, 2.45) is 0 Å². The Morgan fingerprint density at radius 1 is 1.19 bits per heavy atom. The molecule has 0 bridgehead atoms. The molecule has 0 aliphatic carbocycles. The van der Waals surface area contributed by atoms with Crippen LogP contribution in [0.4, 0.5) is 5.69 Å². The van der Waals surface area contributed by atoms with Crippen LogP contribution in [0.2, 0.25) is 0 Å². The van der Waals surface area contributed by atoms with E-state index >= 15 is 0 Å². The Balaban J connectivity index is 2.40. The first-order valence-electron chi connectivity index (χ1n) is 6.43. The number of amides is 1. The zero-order valence-electron chi connectivity index (χ0n) is 12.2. The van der Waals surface area contributed by atoms with E-state index in [4.69, 9.17) is 10.5 Å². The Bertz CT molecular complexity index is 684. The summed E-state index contributed by atoms with van der Waals surface area (Å²) in [6.07, 6.45) is 0. The normalized spacial score (nSPS) is 10.3. The molecular weight excluding hydrogens is 332 g/mol. The van der Waals surface area contributed by atoms with Crippen LogP contribution < -0.4 is 10.5 Å². The quantitative estimate of drug-likeness (QED) is 0.857. The van der Waals surface area contributed by atoms with Gasteiger partial charge < -0.3 is 15.4 Å². The standard InChI is InChI=1S/C16H17BrN2O2/c1-10-8-12(5-7-14(10)17)21-15-9-11(18)4-6-13(15)16(20)19(2)3/h4-9H,18H2,1-3H3. The number of carbonyl (C=O) groups is 1. The Hall–Kier alpha value is -2.01. The van der Waals surface area contributed by atoms with Crippen molar-refractivity contribution in [1.29, 1.82) is 0 Å². The van der Waals surface area contributed by atoms with Crippen LogP contribution in [0.15, 0.2) is 40.9 Å². The number of anilines is 1. The molecule has 2 aromatic rings. The number of rotatable bonds is 3. The number of aryl methyl sites for hydroxylation is 1. The summed E-state index contributed by atoms with van der Waals surface area (Å²) in [5.41, 5.74) is 7.88. The van der Waals surface area contributed by atoms with E-state index in [1.165, 1.54) is 4.90 Å². The first-order chi connectivity index (χ1) is 9.88. The molecule has 0 spiro atoms. The van der Waals surface area contributed by atoms with Crippen molar-refractivity contribution in [2.45, 2.75) is 6.92 Å². The molecule has 5 heteroatoms. The molecule has 2 rings (SSSR count). The lowest BCUT2D eigenvalue weighted by molar-refractivity contribution is 0.0825. The minimum atomic E-state index is -0.126. The predicted molar refractivity (Wildman–Crippen MR) is 87.8 cm³/mol. The molecule has 0 fully saturated rings. The number of benzene rings is 2. The van der Waals surface area contributed by atoms with Crippen molar-refractivity contribution in [1.82, 2.24) is 4.90 Å². The van der Waals surface area contributed by atoms with Gasteiger partial charge in [0.15, 0.2) is 0 Å². The fourth-order valence-electron chi connectivity index (χ4n) is 1.85. The molecule has 0 saturated carbocycles. The average Bonchev–Trinajstić information content (AvgIpc) is 2.42. The smallest absolute Gasteiger partial charge is 0.257 e. The van der Waals surface area contributed by atoms with Gasteiger partial charge in [0.25, 0.3) is 5.91 Å². The maximum atomic E-state index is 12.2. The summed E-state index contributed by atoms with van der Waals surface area (Å²) in [6.45, 7) is 1.97. The van der Waals surface area contributed by atoms with Crippen LogP contribution in [0.3, 0.4) is 0 Å². The summed E-state index contributed by atoms with van der Waals surface area (Å²) in [5.74, 6) is 0.989. The molecule has 0 radical (unpaired) electrons. The van der Waals surface area contributed by atoms with Gasteiger partial charge in [-0.2, -0.15) is 0 Å². The maximum Gasteiger partial charge on any atom is 0.257 e. The average molecular weight is 349 g/mol. The summed E-state index contributed by atoms with van der Waals surface area (Å²) >= 11 is 3.45. The van der Waals surface area contributed by atoms with E-state index in [2.05, 4.69) is 15.9 Å². The summed E-state index contributed by atoms with van der Waals surface area (Å²) < 4.78 is 6.86. The molecule has 0 unspecified atom stereocenters. The molecule has 110 valence electrons. The summed E-state index contributed by atoms with van der Waals surface area (Å²) in [6, 6.07) is 10.7. The third-order valence-electron chi connectivity index (χ3n) is 3.00. The SMILES string of the molecule is Cc1cc(Oc2cc(N)ccc2C(=O)N(C)C)ccc1Br. The monoisotopic (exact) mass is 348 g/mol. The van der Waals surface area contributed by atoms with Crippen molar-refractivity contribution in [3.63, 3.8) is 0 Å². The molecule has 1 amide bonds. The van der Waals surface area contributed by atoms with Crippen molar-refractivity contribution >= 4 is 27.5 Å².